The van der Waals surface area contributed by atoms with Gasteiger partial charge in [0.1, 0.15) is 12.1 Å². The van der Waals surface area contributed by atoms with E-state index >= 15 is 0 Å². The zero-order valence-corrected chi connectivity index (χ0v) is 8.74. The molecule has 0 atom stereocenters. The van der Waals surface area contributed by atoms with Crippen LogP contribution < -0.4 is 5.32 Å². The minimum absolute atomic E-state index is 0.0856. The Labute approximate surface area is 96.6 Å². The van der Waals surface area contributed by atoms with Crippen LogP contribution in [0.4, 0.5) is 5.82 Å². The van der Waals surface area contributed by atoms with E-state index in [-0.39, 0.29) is 5.69 Å². The molecule has 86 valence electrons. The molecule has 0 aliphatic rings. The zero-order valence-electron chi connectivity index (χ0n) is 8.74. The van der Waals surface area contributed by atoms with Gasteiger partial charge in [-0.2, -0.15) is 0 Å². The first-order valence-electron chi connectivity index (χ1n) is 4.81. The van der Waals surface area contributed by atoms with Crippen LogP contribution in [0.3, 0.4) is 0 Å². The molecule has 7 nitrogen and oxygen atoms in total. The molecule has 2 aromatic rings. The lowest BCUT2D eigenvalue weighted by Crippen LogP contribution is -2.06. The summed E-state index contributed by atoms with van der Waals surface area (Å²) in [5, 5.41) is 18.9. The third-order valence-corrected chi connectivity index (χ3v) is 1.98. The van der Waals surface area contributed by atoms with Gasteiger partial charge in [-0.05, 0) is 18.2 Å². The van der Waals surface area contributed by atoms with Crippen LogP contribution in [0.5, 0.6) is 0 Å². The number of hydrogen-bond acceptors (Lipinski definition) is 6. The fourth-order valence-corrected chi connectivity index (χ4v) is 1.14. The summed E-state index contributed by atoms with van der Waals surface area (Å²) in [4.78, 5) is 18.4. The number of carbonyl (C=O) groups is 1. The smallest absolute Gasteiger partial charge is 0.356 e. The van der Waals surface area contributed by atoms with E-state index in [1.807, 2.05) is 0 Å². The van der Waals surface area contributed by atoms with Crippen LogP contribution in [-0.2, 0) is 6.54 Å². The lowest BCUT2D eigenvalue weighted by Gasteiger charge is -2.03. The molecule has 0 fully saturated rings. The highest BCUT2D eigenvalue weighted by Gasteiger charge is 2.04. The first-order chi connectivity index (χ1) is 8.25. The van der Waals surface area contributed by atoms with Crippen LogP contribution in [0.15, 0.2) is 30.7 Å². The summed E-state index contributed by atoms with van der Waals surface area (Å²) in [6, 6.07) is 4.71. The third-order valence-electron chi connectivity index (χ3n) is 1.98. The van der Waals surface area contributed by atoms with Gasteiger partial charge in [0, 0.05) is 6.20 Å². The van der Waals surface area contributed by atoms with E-state index in [1.54, 1.807) is 18.3 Å². The molecule has 0 saturated carbocycles. The first-order valence-corrected chi connectivity index (χ1v) is 4.81. The summed E-state index contributed by atoms with van der Waals surface area (Å²) < 4.78 is 0. The molecule has 2 aromatic heterocycles. The summed E-state index contributed by atoms with van der Waals surface area (Å²) in [7, 11) is 0. The van der Waals surface area contributed by atoms with Crippen molar-refractivity contribution >= 4 is 11.8 Å². The fourth-order valence-electron chi connectivity index (χ4n) is 1.14. The molecule has 0 amide bonds. The number of anilines is 1. The van der Waals surface area contributed by atoms with Crippen LogP contribution in [0, 0.1) is 0 Å². The molecular formula is C10H9N5O2. The van der Waals surface area contributed by atoms with Gasteiger partial charge < -0.3 is 10.4 Å². The van der Waals surface area contributed by atoms with Gasteiger partial charge in [0.2, 0.25) is 0 Å². The van der Waals surface area contributed by atoms with Gasteiger partial charge >= 0.3 is 5.97 Å². The Morgan fingerprint density at radius 3 is 2.76 bits per heavy atom. The summed E-state index contributed by atoms with van der Waals surface area (Å²) in [5.74, 6) is -0.603. The standard InChI is InChI=1S/C10H9N5O2/c16-10(17)8-1-2-9(15-14-8)12-5-7-3-4-11-6-13-7/h1-4,6H,5H2,(H,12,15)(H,16,17). The Morgan fingerprint density at radius 1 is 1.29 bits per heavy atom. The molecule has 0 bridgehead atoms. The largest absolute Gasteiger partial charge is 0.476 e. The second kappa shape index (κ2) is 4.97. The highest BCUT2D eigenvalue weighted by molar-refractivity contribution is 5.85. The van der Waals surface area contributed by atoms with Crippen LogP contribution in [0.25, 0.3) is 0 Å². The number of aromatic nitrogens is 4. The average Bonchev–Trinajstić information content (AvgIpc) is 2.38. The Kier molecular flexibility index (Phi) is 3.20. The molecular weight excluding hydrogens is 222 g/mol. The first kappa shape index (κ1) is 10.9. The van der Waals surface area contributed by atoms with Gasteiger partial charge in [-0.25, -0.2) is 14.8 Å². The highest BCUT2D eigenvalue weighted by Crippen LogP contribution is 2.03. The molecule has 0 aliphatic heterocycles. The summed E-state index contributed by atoms with van der Waals surface area (Å²) in [6.07, 6.45) is 3.10. The quantitative estimate of drug-likeness (QED) is 0.793. The van der Waals surface area contributed by atoms with Gasteiger partial charge in [-0.1, -0.05) is 0 Å². The van der Waals surface area contributed by atoms with Crippen molar-refractivity contribution in [2.24, 2.45) is 0 Å². The number of rotatable bonds is 4. The zero-order chi connectivity index (χ0) is 12.1. The van der Waals surface area contributed by atoms with Crippen molar-refractivity contribution in [2.45, 2.75) is 6.54 Å². The van der Waals surface area contributed by atoms with Gasteiger partial charge in [-0.15, -0.1) is 10.2 Å². The van der Waals surface area contributed by atoms with E-state index in [2.05, 4.69) is 25.5 Å². The monoisotopic (exact) mass is 231 g/mol. The third kappa shape index (κ3) is 2.94. The van der Waals surface area contributed by atoms with Crippen molar-refractivity contribution in [1.82, 2.24) is 20.2 Å². The molecule has 0 unspecified atom stereocenters. The molecule has 0 saturated heterocycles. The minimum Gasteiger partial charge on any atom is -0.476 e. The number of hydrogen-bond donors (Lipinski definition) is 2. The number of carboxylic acids is 1. The minimum atomic E-state index is -1.10. The maximum atomic E-state index is 10.6. The van der Waals surface area contributed by atoms with Crippen molar-refractivity contribution in [1.29, 1.82) is 0 Å². The number of carboxylic acid groups (broad SMARTS) is 1. The van der Waals surface area contributed by atoms with E-state index in [9.17, 15) is 4.79 Å². The van der Waals surface area contributed by atoms with E-state index < -0.39 is 5.97 Å². The van der Waals surface area contributed by atoms with Gasteiger partial charge in [-0.3, -0.25) is 0 Å². The Balaban J connectivity index is 1.98. The van der Waals surface area contributed by atoms with Gasteiger partial charge in [0.05, 0.1) is 12.2 Å². The molecule has 7 heteroatoms. The molecule has 2 N–H and O–H groups in total. The van der Waals surface area contributed by atoms with E-state index in [0.29, 0.717) is 12.4 Å². The van der Waals surface area contributed by atoms with Crippen molar-refractivity contribution in [2.75, 3.05) is 5.32 Å². The van der Waals surface area contributed by atoms with Crippen LogP contribution in [-0.4, -0.2) is 31.2 Å². The van der Waals surface area contributed by atoms with E-state index in [4.69, 9.17) is 5.11 Å². The van der Waals surface area contributed by atoms with E-state index in [1.165, 1.54) is 12.4 Å². The molecule has 0 aliphatic carbocycles. The molecule has 2 heterocycles. The maximum Gasteiger partial charge on any atom is 0.356 e. The molecule has 0 aromatic carbocycles. The lowest BCUT2D eigenvalue weighted by atomic mass is 10.3. The van der Waals surface area contributed by atoms with Gasteiger partial charge in [0.25, 0.3) is 0 Å². The lowest BCUT2D eigenvalue weighted by molar-refractivity contribution is 0.0689. The van der Waals surface area contributed by atoms with Crippen LogP contribution in [0.1, 0.15) is 16.2 Å². The summed E-state index contributed by atoms with van der Waals surface area (Å²) >= 11 is 0. The van der Waals surface area contributed by atoms with Crippen molar-refractivity contribution in [3.8, 4) is 0 Å². The molecule has 0 radical (unpaired) electrons. The summed E-state index contributed by atoms with van der Waals surface area (Å²) in [6.45, 7) is 0.476. The Bertz CT molecular complexity index is 500. The van der Waals surface area contributed by atoms with Crippen molar-refractivity contribution in [3.63, 3.8) is 0 Å². The van der Waals surface area contributed by atoms with Crippen LogP contribution >= 0.6 is 0 Å². The topological polar surface area (TPSA) is 101 Å². The predicted molar refractivity (Wildman–Crippen MR) is 58.4 cm³/mol. The Morgan fingerprint density at radius 2 is 2.18 bits per heavy atom. The normalized spacial score (nSPS) is 9.88. The second-order valence-electron chi connectivity index (χ2n) is 3.16. The predicted octanol–water partition coefficient (Wildman–Crippen LogP) is 0.577. The number of aromatic carboxylic acids is 1. The second-order valence-corrected chi connectivity index (χ2v) is 3.16. The van der Waals surface area contributed by atoms with Crippen molar-refractivity contribution in [3.05, 3.63) is 42.1 Å². The summed E-state index contributed by atoms with van der Waals surface area (Å²) in [5.41, 5.74) is 0.724. The SMILES string of the molecule is O=C(O)c1ccc(NCc2ccncn2)nn1. The van der Waals surface area contributed by atoms with Gasteiger partial charge in [0.15, 0.2) is 5.69 Å². The van der Waals surface area contributed by atoms with E-state index in [0.717, 1.165) is 5.69 Å². The highest BCUT2D eigenvalue weighted by atomic mass is 16.4. The molecule has 0 spiro atoms. The fraction of sp³-hybridized carbons (Fsp3) is 0.100. The van der Waals surface area contributed by atoms with Crippen molar-refractivity contribution < 1.29 is 9.90 Å². The average molecular weight is 231 g/mol. The van der Waals surface area contributed by atoms with Crippen LogP contribution in [0.2, 0.25) is 0 Å². The molecule has 17 heavy (non-hydrogen) atoms. The number of nitrogens with zero attached hydrogens (tertiary/aromatic N) is 4. The maximum absolute atomic E-state index is 10.6. The molecule has 2 rings (SSSR count). The Hall–Kier alpha value is -2.57. The number of nitrogens with one attached hydrogen (secondary N) is 1.